The first-order valence-corrected chi connectivity index (χ1v) is 9.58. The fourth-order valence-electron chi connectivity index (χ4n) is 3.18. The first-order chi connectivity index (χ1) is 12.6. The maximum atomic E-state index is 12.7. The summed E-state index contributed by atoms with van der Waals surface area (Å²) < 4.78 is 5.81. The van der Waals surface area contributed by atoms with Crippen LogP contribution in [0.4, 0.5) is 5.69 Å². The number of hydrogen-bond acceptors (Lipinski definition) is 4. The lowest BCUT2D eigenvalue weighted by Gasteiger charge is -2.33. The van der Waals surface area contributed by atoms with E-state index in [2.05, 4.69) is 17.1 Å². The molecule has 0 fully saturated rings. The average molecular weight is 364 g/mol. The van der Waals surface area contributed by atoms with Gasteiger partial charge in [-0.25, -0.2) is 4.98 Å². The van der Waals surface area contributed by atoms with Crippen LogP contribution < -0.4 is 9.64 Å². The van der Waals surface area contributed by atoms with Crippen molar-refractivity contribution in [1.29, 1.82) is 0 Å². The molecule has 0 aliphatic carbocycles. The van der Waals surface area contributed by atoms with Gasteiger partial charge < -0.3 is 9.64 Å². The average Bonchev–Trinajstić information content (AvgIpc) is 3.09. The zero-order chi connectivity index (χ0) is 18.1. The molecule has 1 aliphatic rings. The van der Waals surface area contributed by atoms with Crippen LogP contribution in [-0.2, 0) is 11.2 Å². The molecule has 1 amide bonds. The third kappa shape index (κ3) is 3.22. The Morgan fingerprint density at radius 3 is 2.73 bits per heavy atom. The van der Waals surface area contributed by atoms with Crippen molar-refractivity contribution >= 4 is 22.9 Å². The second-order valence-electron chi connectivity index (χ2n) is 6.42. The number of aromatic nitrogens is 1. The van der Waals surface area contributed by atoms with Crippen LogP contribution in [0.1, 0.15) is 17.5 Å². The SMILES string of the molecule is Cc1nc(-c2ccc3c(c2)N(CCc2ccccc2)C(=O)C(C)O3)cs1. The Morgan fingerprint density at radius 2 is 2.00 bits per heavy atom. The van der Waals surface area contributed by atoms with E-state index in [1.165, 1.54) is 5.56 Å². The van der Waals surface area contributed by atoms with Crippen molar-refractivity contribution in [3.05, 3.63) is 64.5 Å². The van der Waals surface area contributed by atoms with Gasteiger partial charge in [0.1, 0.15) is 5.75 Å². The van der Waals surface area contributed by atoms with Crippen molar-refractivity contribution in [2.75, 3.05) is 11.4 Å². The van der Waals surface area contributed by atoms with Crippen LogP contribution in [0.3, 0.4) is 0 Å². The third-order valence-electron chi connectivity index (χ3n) is 4.55. The van der Waals surface area contributed by atoms with Gasteiger partial charge in [-0.15, -0.1) is 11.3 Å². The smallest absolute Gasteiger partial charge is 0.267 e. The van der Waals surface area contributed by atoms with Gasteiger partial charge in [0.05, 0.1) is 16.4 Å². The molecule has 2 aromatic carbocycles. The van der Waals surface area contributed by atoms with Gasteiger partial charge in [-0.3, -0.25) is 4.79 Å². The van der Waals surface area contributed by atoms with Gasteiger partial charge in [0.25, 0.3) is 5.91 Å². The zero-order valence-electron chi connectivity index (χ0n) is 14.8. The molecule has 1 aliphatic heterocycles. The molecule has 0 spiro atoms. The highest BCUT2D eigenvalue weighted by Gasteiger charge is 2.31. The lowest BCUT2D eigenvalue weighted by Crippen LogP contribution is -2.45. The highest BCUT2D eigenvalue weighted by atomic mass is 32.1. The lowest BCUT2D eigenvalue weighted by atomic mass is 10.1. The van der Waals surface area contributed by atoms with E-state index < -0.39 is 6.10 Å². The van der Waals surface area contributed by atoms with Crippen LogP contribution >= 0.6 is 11.3 Å². The number of aryl methyl sites for hydroxylation is 1. The topological polar surface area (TPSA) is 42.4 Å². The molecule has 4 rings (SSSR count). The van der Waals surface area contributed by atoms with E-state index in [-0.39, 0.29) is 5.91 Å². The van der Waals surface area contributed by atoms with Crippen LogP contribution in [0.25, 0.3) is 11.3 Å². The first kappa shape index (κ1) is 16.8. The zero-order valence-corrected chi connectivity index (χ0v) is 15.6. The van der Waals surface area contributed by atoms with E-state index in [1.807, 2.05) is 53.6 Å². The van der Waals surface area contributed by atoms with E-state index in [1.54, 1.807) is 18.3 Å². The summed E-state index contributed by atoms with van der Waals surface area (Å²) in [5.41, 5.74) is 3.98. The molecule has 1 atom stereocenters. The maximum absolute atomic E-state index is 12.7. The highest BCUT2D eigenvalue weighted by Crippen LogP contribution is 2.37. The summed E-state index contributed by atoms with van der Waals surface area (Å²) >= 11 is 1.62. The van der Waals surface area contributed by atoms with E-state index in [4.69, 9.17) is 4.74 Å². The summed E-state index contributed by atoms with van der Waals surface area (Å²) in [6, 6.07) is 16.2. The van der Waals surface area contributed by atoms with Crippen LogP contribution in [-0.4, -0.2) is 23.5 Å². The minimum absolute atomic E-state index is 0.0000366. The number of nitrogens with zero attached hydrogens (tertiary/aromatic N) is 2. The lowest BCUT2D eigenvalue weighted by molar-refractivity contribution is -0.125. The van der Waals surface area contributed by atoms with Crippen LogP contribution in [0.15, 0.2) is 53.9 Å². The number of amides is 1. The number of carbonyl (C=O) groups excluding carboxylic acids is 1. The van der Waals surface area contributed by atoms with Crippen LogP contribution in [0, 0.1) is 6.92 Å². The quantitative estimate of drug-likeness (QED) is 0.686. The standard InChI is InChI=1S/C21H20N2O2S/c1-14-21(24)23(11-10-16-6-4-3-5-7-16)19-12-17(8-9-20(19)25-14)18-13-26-15(2)22-18/h3-9,12-14H,10-11H2,1-2H3. The Hall–Kier alpha value is -2.66. The number of rotatable bonds is 4. The molecule has 0 saturated heterocycles. The van der Waals surface area contributed by atoms with Crippen molar-refractivity contribution in [1.82, 2.24) is 4.98 Å². The second-order valence-corrected chi connectivity index (χ2v) is 7.48. The van der Waals surface area contributed by atoms with Gasteiger partial charge in [-0.05, 0) is 44.0 Å². The van der Waals surface area contributed by atoms with Gasteiger partial charge in [-0.2, -0.15) is 0 Å². The summed E-state index contributed by atoms with van der Waals surface area (Å²) in [4.78, 5) is 19.2. The minimum Gasteiger partial charge on any atom is -0.479 e. The molecule has 2 heterocycles. The number of benzene rings is 2. The van der Waals surface area contributed by atoms with Crippen molar-refractivity contribution in [2.45, 2.75) is 26.4 Å². The van der Waals surface area contributed by atoms with Crippen molar-refractivity contribution in [3.63, 3.8) is 0 Å². The first-order valence-electron chi connectivity index (χ1n) is 8.70. The van der Waals surface area contributed by atoms with Gasteiger partial charge in [0.2, 0.25) is 0 Å². The number of ether oxygens (including phenoxy) is 1. The Balaban J connectivity index is 1.67. The molecule has 0 N–H and O–H groups in total. The Morgan fingerprint density at radius 1 is 1.19 bits per heavy atom. The molecule has 5 heteroatoms. The number of fused-ring (bicyclic) bond motifs is 1. The van der Waals surface area contributed by atoms with Crippen molar-refractivity contribution in [3.8, 4) is 17.0 Å². The number of carbonyl (C=O) groups is 1. The predicted octanol–water partition coefficient (Wildman–Crippen LogP) is 4.48. The molecular weight excluding hydrogens is 344 g/mol. The Bertz CT molecular complexity index is 936. The molecule has 132 valence electrons. The van der Waals surface area contributed by atoms with Gasteiger partial charge in [0.15, 0.2) is 6.10 Å². The minimum atomic E-state index is -0.467. The van der Waals surface area contributed by atoms with Crippen LogP contribution in [0.5, 0.6) is 5.75 Å². The van der Waals surface area contributed by atoms with E-state index in [0.717, 1.165) is 34.1 Å². The summed E-state index contributed by atoms with van der Waals surface area (Å²) in [6.07, 6.45) is 0.337. The van der Waals surface area contributed by atoms with Gasteiger partial charge in [-0.1, -0.05) is 30.3 Å². The van der Waals surface area contributed by atoms with Gasteiger partial charge >= 0.3 is 0 Å². The number of anilines is 1. The highest BCUT2D eigenvalue weighted by molar-refractivity contribution is 7.09. The fourth-order valence-corrected chi connectivity index (χ4v) is 3.80. The molecule has 0 radical (unpaired) electrons. The molecule has 1 aromatic heterocycles. The normalized spacial score (nSPS) is 16.3. The predicted molar refractivity (Wildman–Crippen MR) is 105 cm³/mol. The molecule has 4 nitrogen and oxygen atoms in total. The Labute approximate surface area is 157 Å². The molecule has 0 bridgehead atoms. The number of thiazole rings is 1. The molecule has 1 unspecified atom stereocenters. The van der Waals surface area contributed by atoms with Crippen molar-refractivity contribution < 1.29 is 9.53 Å². The number of hydrogen-bond donors (Lipinski definition) is 0. The largest absolute Gasteiger partial charge is 0.479 e. The Kier molecular flexibility index (Phi) is 4.47. The van der Waals surface area contributed by atoms with E-state index in [0.29, 0.717) is 6.54 Å². The molecule has 3 aromatic rings. The van der Waals surface area contributed by atoms with Crippen molar-refractivity contribution in [2.24, 2.45) is 0 Å². The molecule has 26 heavy (non-hydrogen) atoms. The molecule has 0 saturated carbocycles. The fraction of sp³-hybridized carbons (Fsp3) is 0.238. The maximum Gasteiger partial charge on any atom is 0.267 e. The summed E-state index contributed by atoms with van der Waals surface area (Å²) in [5, 5.41) is 3.07. The van der Waals surface area contributed by atoms with E-state index >= 15 is 0 Å². The monoisotopic (exact) mass is 364 g/mol. The second kappa shape index (κ2) is 6.92. The summed E-state index contributed by atoms with van der Waals surface area (Å²) in [7, 11) is 0. The summed E-state index contributed by atoms with van der Waals surface area (Å²) in [6.45, 7) is 4.43. The molecular formula is C21H20N2O2S. The van der Waals surface area contributed by atoms with E-state index in [9.17, 15) is 4.79 Å². The third-order valence-corrected chi connectivity index (χ3v) is 5.32. The van der Waals surface area contributed by atoms with Crippen LogP contribution in [0.2, 0.25) is 0 Å². The summed E-state index contributed by atoms with van der Waals surface area (Å²) in [5.74, 6) is 0.751. The van der Waals surface area contributed by atoms with Gasteiger partial charge in [0, 0.05) is 17.5 Å².